The van der Waals surface area contributed by atoms with Crippen molar-refractivity contribution >= 4 is 6.03 Å². The zero-order valence-corrected chi connectivity index (χ0v) is 15.2. The largest absolute Gasteiger partial charge is 0.338 e. The fourth-order valence-corrected chi connectivity index (χ4v) is 3.67. The lowest BCUT2D eigenvalue weighted by atomic mass is 9.90. The van der Waals surface area contributed by atoms with E-state index < -0.39 is 0 Å². The van der Waals surface area contributed by atoms with Gasteiger partial charge in [0.15, 0.2) is 0 Å². The van der Waals surface area contributed by atoms with Gasteiger partial charge in [-0.1, -0.05) is 54.6 Å². The Hall–Kier alpha value is -3.14. The number of benzene rings is 2. The fraction of sp³-hybridized carbons (Fsp3) is 0.217. The summed E-state index contributed by atoms with van der Waals surface area (Å²) in [5.41, 5.74) is 4.91. The van der Waals surface area contributed by atoms with Gasteiger partial charge in [-0.3, -0.25) is 4.98 Å². The van der Waals surface area contributed by atoms with Crippen LogP contribution in [-0.2, 0) is 19.4 Å². The molecule has 3 aromatic rings. The average molecular weight is 357 g/mol. The molecule has 0 fully saturated rings. The number of nitrogens with one attached hydrogen (secondary N) is 1. The number of hydrogen-bond donors (Lipinski definition) is 1. The molecule has 27 heavy (non-hydrogen) atoms. The van der Waals surface area contributed by atoms with E-state index in [0.29, 0.717) is 13.1 Å². The van der Waals surface area contributed by atoms with Gasteiger partial charge in [0.2, 0.25) is 0 Å². The van der Waals surface area contributed by atoms with E-state index in [9.17, 15) is 4.79 Å². The summed E-state index contributed by atoms with van der Waals surface area (Å²) in [6, 6.07) is 22.7. The van der Waals surface area contributed by atoms with Crippen LogP contribution in [0.15, 0.2) is 79.1 Å². The summed E-state index contributed by atoms with van der Waals surface area (Å²) >= 11 is 0. The molecular formula is C23H23N3O. The van der Waals surface area contributed by atoms with Gasteiger partial charge < -0.3 is 10.2 Å². The topological polar surface area (TPSA) is 45.2 Å². The summed E-state index contributed by atoms with van der Waals surface area (Å²) in [7, 11) is 0. The van der Waals surface area contributed by atoms with Crippen LogP contribution in [0, 0.1) is 0 Å². The number of aromatic nitrogens is 1. The van der Waals surface area contributed by atoms with Gasteiger partial charge in [-0.2, -0.15) is 0 Å². The average Bonchev–Trinajstić information content (AvgIpc) is 2.74. The van der Waals surface area contributed by atoms with Gasteiger partial charge in [-0.05, 0) is 47.2 Å². The normalized spacial score (nSPS) is 15.9. The molecule has 0 spiro atoms. The molecule has 0 saturated heterocycles. The second kappa shape index (κ2) is 8.04. The molecule has 1 aliphatic rings. The highest BCUT2D eigenvalue weighted by molar-refractivity contribution is 5.75. The van der Waals surface area contributed by atoms with E-state index in [0.717, 1.165) is 12.8 Å². The molecule has 0 bridgehead atoms. The van der Waals surface area contributed by atoms with Crippen molar-refractivity contribution in [2.75, 3.05) is 6.54 Å². The van der Waals surface area contributed by atoms with E-state index in [1.807, 2.05) is 41.3 Å². The first-order valence-electron chi connectivity index (χ1n) is 9.36. The zero-order valence-electron chi connectivity index (χ0n) is 15.2. The third kappa shape index (κ3) is 4.00. The molecule has 2 heterocycles. The van der Waals surface area contributed by atoms with Crippen molar-refractivity contribution in [2.24, 2.45) is 0 Å². The van der Waals surface area contributed by atoms with Crippen LogP contribution in [0.2, 0.25) is 0 Å². The second-order valence-electron chi connectivity index (χ2n) is 6.86. The molecule has 4 nitrogen and oxygen atoms in total. The van der Waals surface area contributed by atoms with E-state index in [4.69, 9.17) is 0 Å². The smallest absolute Gasteiger partial charge is 0.318 e. The molecule has 2 amide bonds. The van der Waals surface area contributed by atoms with E-state index in [2.05, 4.69) is 40.6 Å². The van der Waals surface area contributed by atoms with Crippen molar-refractivity contribution in [3.8, 4) is 0 Å². The lowest BCUT2D eigenvalue weighted by Crippen LogP contribution is -2.45. The zero-order chi connectivity index (χ0) is 18.5. The molecule has 1 aliphatic heterocycles. The molecule has 4 rings (SSSR count). The quantitative estimate of drug-likeness (QED) is 0.763. The van der Waals surface area contributed by atoms with Gasteiger partial charge in [-0.25, -0.2) is 4.79 Å². The molecule has 136 valence electrons. The second-order valence-corrected chi connectivity index (χ2v) is 6.86. The van der Waals surface area contributed by atoms with Crippen LogP contribution in [-0.4, -0.2) is 22.5 Å². The minimum absolute atomic E-state index is 0.00703. The van der Waals surface area contributed by atoms with Gasteiger partial charge in [0, 0.05) is 25.5 Å². The predicted molar refractivity (Wildman–Crippen MR) is 106 cm³/mol. The number of hydrogen-bond acceptors (Lipinski definition) is 2. The molecule has 0 aliphatic carbocycles. The van der Waals surface area contributed by atoms with Crippen LogP contribution >= 0.6 is 0 Å². The summed E-state index contributed by atoms with van der Waals surface area (Å²) in [6.07, 6.45) is 5.21. The Kier molecular flexibility index (Phi) is 5.15. The minimum atomic E-state index is -0.00703. The maximum absolute atomic E-state index is 13.0. The molecule has 0 saturated carbocycles. The van der Waals surface area contributed by atoms with Crippen molar-refractivity contribution in [1.29, 1.82) is 0 Å². The predicted octanol–water partition coefficient (Wildman–Crippen LogP) is 4.13. The minimum Gasteiger partial charge on any atom is -0.338 e. The molecule has 1 aromatic heterocycles. The number of rotatable bonds is 4. The van der Waals surface area contributed by atoms with E-state index >= 15 is 0 Å². The van der Waals surface area contributed by atoms with Crippen LogP contribution < -0.4 is 5.32 Å². The van der Waals surface area contributed by atoms with Crippen LogP contribution in [0.1, 0.15) is 28.3 Å². The fourth-order valence-electron chi connectivity index (χ4n) is 3.67. The lowest BCUT2D eigenvalue weighted by Gasteiger charge is -2.37. The van der Waals surface area contributed by atoms with Crippen LogP contribution in [0.25, 0.3) is 0 Å². The first-order valence-corrected chi connectivity index (χ1v) is 9.36. The van der Waals surface area contributed by atoms with Gasteiger partial charge in [0.1, 0.15) is 0 Å². The molecular weight excluding hydrogens is 334 g/mol. The third-order valence-electron chi connectivity index (χ3n) is 5.13. The van der Waals surface area contributed by atoms with Crippen molar-refractivity contribution < 1.29 is 4.79 Å². The number of urea groups is 1. The monoisotopic (exact) mass is 357 g/mol. The van der Waals surface area contributed by atoms with Crippen molar-refractivity contribution in [1.82, 2.24) is 15.2 Å². The Balaban J connectivity index is 1.50. The number of fused-ring (bicyclic) bond motifs is 1. The van der Waals surface area contributed by atoms with Crippen LogP contribution in [0.4, 0.5) is 4.79 Å². The molecule has 1 unspecified atom stereocenters. The first kappa shape index (κ1) is 17.3. The number of nitrogens with zero attached hydrogens (tertiary/aromatic N) is 2. The molecule has 0 radical (unpaired) electrons. The van der Waals surface area contributed by atoms with Crippen LogP contribution in [0.5, 0.6) is 0 Å². The third-order valence-corrected chi connectivity index (χ3v) is 5.13. The maximum atomic E-state index is 13.0. The number of amides is 2. The Morgan fingerprint density at radius 2 is 1.67 bits per heavy atom. The molecule has 1 N–H and O–H groups in total. The van der Waals surface area contributed by atoms with Gasteiger partial charge >= 0.3 is 6.03 Å². The summed E-state index contributed by atoms with van der Waals surface area (Å²) in [4.78, 5) is 19.0. The van der Waals surface area contributed by atoms with Gasteiger partial charge in [-0.15, -0.1) is 0 Å². The lowest BCUT2D eigenvalue weighted by molar-refractivity contribution is 0.163. The van der Waals surface area contributed by atoms with Crippen molar-refractivity contribution in [3.05, 3.63) is 101 Å². The number of carbonyl (C=O) groups excluding carboxylic acids is 1. The SMILES string of the molecule is O=C(NCCc1ccncc1)N1Cc2ccccc2CC1c1ccccc1. The Morgan fingerprint density at radius 3 is 2.44 bits per heavy atom. The first-order chi connectivity index (χ1) is 13.3. The molecule has 4 heteroatoms. The van der Waals surface area contributed by atoms with Gasteiger partial charge in [0.05, 0.1) is 6.04 Å². The molecule has 2 aromatic carbocycles. The summed E-state index contributed by atoms with van der Waals surface area (Å²) in [6.45, 7) is 1.25. The number of carbonyl (C=O) groups is 1. The standard InChI is InChI=1S/C23H23N3O/c27-23(25-15-12-18-10-13-24-14-11-18)26-17-21-9-5-4-8-20(21)16-22(26)19-6-2-1-3-7-19/h1-11,13-14,22H,12,15-17H2,(H,25,27). The molecule has 1 atom stereocenters. The number of pyridine rings is 1. The van der Waals surface area contributed by atoms with E-state index in [1.165, 1.54) is 22.3 Å². The van der Waals surface area contributed by atoms with E-state index in [1.54, 1.807) is 12.4 Å². The highest BCUT2D eigenvalue weighted by atomic mass is 16.2. The summed E-state index contributed by atoms with van der Waals surface area (Å²) < 4.78 is 0. The Labute approximate surface area is 159 Å². The van der Waals surface area contributed by atoms with Gasteiger partial charge in [0.25, 0.3) is 0 Å². The Bertz CT molecular complexity index is 896. The van der Waals surface area contributed by atoms with Crippen LogP contribution in [0.3, 0.4) is 0 Å². The highest BCUT2D eigenvalue weighted by Gasteiger charge is 2.30. The van der Waals surface area contributed by atoms with E-state index in [-0.39, 0.29) is 12.1 Å². The van der Waals surface area contributed by atoms with Crippen molar-refractivity contribution in [3.63, 3.8) is 0 Å². The maximum Gasteiger partial charge on any atom is 0.318 e. The Morgan fingerprint density at radius 1 is 0.963 bits per heavy atom. The summed E-state index contributed by atoms with van der Waals surface area (Å²) in [5, 5.41) is 3.10. The summed E-state index contributed by atoms with van der Waals surface area (Å²) in [5.74, 6) is 0. The highest BCUT2D eigenvalue weighted by Crippen LogP contribution is 2.33. The van der Waals surface area contributed by atoms with Crippen molar-refractivity contribution in [2.45, 2.75) is 25.4 Å².